The fourth-order valence-electron chi connectivity index (χ4n) is 2.36. The van der Waals surface area contributed by atoms with Gasteiger partial charge in [0.15, 0.2) is 0 Å². The van der Waals surface area contributed by atoms with Crippen LogP contribution in [0.15, 0.2) is 24.4 Å². The van der Waals surface area contributed by atoms with Crippen LogP contribution < -0.4 is 5.73 Å². The second kappa shape index (κ2) is 6.34. The first-order chi connectivity index (χ1) is 7.68. The second-order valence-corrected chi connectivity index (χ2v) is 4.86. The summed E-state index contributed by atoms with van der Waals surface area (Å²) >= 11 is 0. The van der Waals surface area contributed by atoms with Crippen LogP contribution in [0.4, 0.5) is 0 Å². The van der Waals surface area contributed by atoms with Crippen molar-refractivity contribution in [3.8, 4) is 0 Å². The van der Waals surface area contributed by atoms with Crippen molar-refractivity contribution in [1.82, 2.24) is 9.88 Å². The number of nitrogens with zero attached hydrogens (tertiary/aromatic N) is 2. The average molecular weight is 256 g/mol. The van der Waals surface area contributed by atoms with Crippen LogP contribution in [0.25, 0.3) is 0 Å². The average Bonchev–Trinajstić information content (AvgIpc) is 2.33. The van der Waals surface area contributed by atoms with Gasteiger partial charge in [-0.05, 0) is 31.4 Å². The molecular weight excluding hydrogens is 234 g/mol. The van der Waals surface area contributed by atoms with E-state index in [1.807, 2.05) is 12.3 Å². The van der Waals surface area contributed by atoms with Gasteiger partial charge in [-0.1, -0.05) is 13.0 Å². The molecule has 4 heteroatoms. The lowest BCUT2D eigenvalue weighted by atomic mass is 9.93. The van der Waals surface area contributed by atoms with Gasteiger partial charge in [0, 0.05) is 31.4 Å². The lowest BCUT2D eigenvalue weighted by molar-refractivity contribution is 0.122. The van der Waals surface area contributed by atoms with E-state index >= 15 is 0 Å². The molecule has 0 saturated carbocycles. The van der Waals surface area contributed by atoms with Crippen LogP contribution in [0.3, 0.4) is 0 Å². The molecule has 1 aliphatic rings. The highest BCUT2D eigenvalue weighted by molar-refractivity contribution is 5.85. The molecule has 1 saturated heterocycles. The second-order valence-electron chi connectivity index (χ2n) is 4.86. The Hall–Kier alpha value is -0.640. The number of nitrogens with two attached hydrogens (primary N) is 1. The monoisotopic (exact) mass is 255 g/mol. The Morgan fingerprint density at radius 2 is 2.24 bits per heavy atom. The largest absolute Gasteiger partial charge is 0.327 e. The van der Waals surface area contributed by atoms with Crippen molar-refractivity contribution in [3.63, 3.8) is 0 Å². The standard InChI is InChI=1S/C13H21N3.ClH/c1-10-9-16(8-6-12(10)14)11(2)13-5-3-4-7-15-13;/h3-5,7,10-12H,6,8-9,14H2,1-2H3;1H. The Morgan fingerprint density at radius 3 is 2.82 bits per heavy atom. The van der Waals surface area contributed by atoms with Crippen LogP contribution in [-0.2, 0) is 0 Å². The van der Waals surface area contributed by atoms with E-state index in [-0.39, 0.29) is 12.4 Å². The van der Waals surface area contributed by atoms with Gasteiger partial charge in [0.25, 0.3) is 0 Å². The molecule has 2 rings (SSSR count). The Bertz CT molecular complexity index is 331. The molecule has 3 nitrogen and oxygen atoms in total. The minimum atomic E-state index is 0. The van der Waals surface area contributed by atoms with Crippen LogP contribution in [-0.4, -0.2) is 29.0 Å². The summed E-state index contributed by atoms with van der Waals surface area (Å²) in [6.07, 6.45) is 2.96. The summed E-state index contributed by atoms with van der Waals surface area (Å²) in [4.78, 5) is 6.91. The molecule has 0 spiro atoms. The number of piperidine rings is 1. The third-order valence-corrected chi connectivity index (χ3v) is 3.67. The summed E-state index contributed by atoms with van der Waals surface area (Å²) in [5, 5.41) is 0. The first-order valence-corrected chi connectivity index (χ1v) is 6.09. The minimum absolute atomic E-state index is 0. The molecule has 1 aliphatic heterocycles. The van der Waals surface area contributed by atoms with Crippen molar-refractivity contribution in [2.45, 2.75) is 32.4 Å². The van der Waals surface area contributed by atoms with Crippen LogP contribution in [0, 0.1) is 5.92 Å². The topological polar surface area (TPSA) is 42.2 Å². The van der Waals surface area contributed by atoms with Crippen molar-refractivity contribution in [1.29, 1.82) is 0 Å². The molecule has 0 bridgehead atoms. The maximum Gasteiger partial charge on any atom is 0.0572 e. The van der Waals surface area contributed by atoms with E-state index in [9.17, 15) is 0 Å². The molecular formula is C13H22ClN3. The maximum absolute atomic E-state index is 6.04. The summed E-state index contributed by atoms with van der Waals surface area (Å²) in [6.45, 7) is 6.63. The van der Waals surface area contributed by atoms with Crippen LogP contribution >= 0.6 is 12.4 Å². The summed E-state index contributed by atoms with van der Waals surface area (Å²) < 4.78 is 0. The number of hydrogen-bond acceptors (Lipinski definition) is 3. The van der Waals surface area contributed by atoms with Gasteiger partial charge in [-0.3, -0.25) is 9.88 Å². The number of pyridine rings is 1. The van der Waals surface area contributed by atoms with E-state index < -0.39 is 0 Å². The number of halogens is 1. The molecule has 3 unspecified atom stereocenters. The van der Waals surface area contributed by atoms with E-state index in [2.05, 4.69) is 35.9 Å². The predicted molar refractivity (Wildman–Crippen MR) is 73.2 cm³/mol. The van der Waals surface area contributed by atoms with Gasteiger partial charge >= 0.3 is 0 Å². The quantitative estimate of drug-likeness (QED) is 0.881. The van der Waals surface area contributed by atoms with Crippen molar-refractivity contribution < 1.29 is 0 Å². The summed E-state index contributed by atoms with van der Waals surface area (Å²) in [7, 11) is 0. The highest BCUT2D eigenvalue weighted by Gasteiger charge is 2.26. The van der Waals surface area contributed by atoms with Crippen LogP contribution in [0.1, 0.15) is 32.0 Å². The molecule has 0 aromatic carbocycles. The smallest absolute Gasteiger partial charge is 0.0572 e. The molecule has 2 N–H and O–H groups in total. The van der Waals surface area contributed by atoms with Gasteiger partial charge in [-0.15, -0.1) is 12.4 Å². The molecule has 17 heavy (non-hydrogen) atoms. The number of aromatic nitrogens is 1. The molecule has 96 valence electrons. The van der Waals surface area contributed by atoms with Crippen molar-refractivity contribution in [2.75, 3.05) is 13.1 Å². The fraction of sp³-hybridized carbons (Fsp3) is 0.615. The fourth-order valence-corrected chi connectivity index (χ4v) is 2.36. The first kappa shape index (κ1) is 14.4. The van der Waals surface area contributed by atoms with Gasteiger partial charge < -0.3 is 5.73 Å². The Balaban J connectivity index is 0.00000144. The Morgan fingerprint density at radius 1 is 1.47 bits per heavy atom. The molecule has 1 aromatic heterocycles. The van der Waals surface area contributed by atoms with Gasteiger partial charge in [-0.25, -0.2) is 0 Å². The van der Waals surface area contributed by atoms with Crippen molar-refractivity contribution in [3.05, 3.63) is 30.1 Å². The summed E-state index contributed by atoms with van der Waals surface area (Å²) in [5.74, 6) is 0.583. The SMILES string of the molecule is CC1CN(C(C)c2ccccn2)CCC1N.Cl. The maximum atomic E-state index is 6.04. The van der Waals surface area contributed by atoms with Crippen molar-refractivity contribution >= 4 is 12.4 Å². The van der Waals surface area contributed by atoms with Crippen molar-refractivity contribution in [2.24, 2.45) is 11.7 Å². The van der Waals surface area contributed by atoms with E-state index in [4.69, 9.17) is 5.73 Å². The van der Waals surface area contributed by atoms with Crippen LogP contribution in [0.2, 0.25) is 0 Å². The van der Waals surface area contributed by atoms with Gasteiger partial charge in [-0.2, -0.15) is 0 Å². The number of rotatable bonds is 2. The van der Waals surface area contributed by atoms with E-state index in [1.165, 1.54) is 0 Å². The van der Waals surface area contributed by atoms with Gasteiger partial charge in [0.1, 0.15) is 0 Å². The zero-order valence-electron chi connectivity index (χ0n) is 10.5. The predicted octanol–water partition coefficient (Wildman–Crippen LogP) is 2.23. The molecule has 1 aromatic rings. The zero-order valence-corrected chi connectivity index (χ0v) is 11.4. The highest BCUT2D eigenvalue weighted by atomic mass is 35.5. The lowest BCUT2D eigenvalue weighted by Gasteiger charge is -2.38. The van der Waals surface area contributed by atoms with E-state index in [0.717, 1.165) is 25.2 Å². The Kier molecular flexibility index (Phi) is 5.37. The lowest BCUT2D eigenvalue weighted by Crippen LogP contribution is -2.46. The zero-order chi connectivity index (χ0) is 11.5. The van der Waals surface area contributed by atoms with E-state index in [1.54, 1.807) is 0 Å². The molecule has 0 radical (unpaired) electrons. The molecule has 0 amide bonds. The van der Waals surface area contributed by atoms with Crippen LogP contribution in [0.5, 0.6) is 0 Å². The number of likely N-dealkylation sites (tertiary alicyclic amines) is 1. The Labute approximate surface area is 110 Å². The number of hydrogen-bond donors (Lipinski definition) is 1. The highest BCUT2D eigenvalue weighted by Crippen LogP contribution is 2.24. The molecule has 3 atom stereocenters. The summed E-state index contributed by atoms with van der Waals surface area (Å²) in [6, 6.07) is 6.88. The van der Waals surface area contributed by atoms with Gasteiger partial charge in [0.05, 0.1) is 5.69 Å². The first-order valence-electron chi connectivity index (χ1n) is 6.09. The molecule has 0 aliphatic carbocycles. The van der Waals surface area contributed by atoms with Gasteiger partial charge in [0.2, 0.25) is 0 Å². The minimum Gasteiger partial charge on any atom is -0.327 e. The van der Waals surface area contributed by atoms with E-state index in [0.29, 0.717) is 18.0 Å². The summed E-state index contributed by atoms with van der Waals surface area (Å²) in [5.41, 5.74) is 7.19. The third kappa shape index (κ3) is 3.41. The third-order valence-electron chi connectivity index (χ3n) is 3.67. The molecule has 2 heterocycles. The normalized spacial score (nSPS) is 27.2. The molecule has 1 fully saturated rings.